The summed E-state index contributed by atoms with van der Waals surface area (Å²) in [4.78, 5) is 39.2. The van der Waals surface area contributed by atoms with E-state index >= 15 is 0 Å². The van der Waals surface area contributed by atoms with Gasteiger partial charge in [0, 0.05) is 24.7 Å². The third-order valence-electron chi connectivity index (χ3n) is 5.78. The van der Waals surface area contributed by atoms with Crippen molar-refractivity contribution in [1.82, 2.24) is 9.47 Å². The number of piperidine rings is 1. The number of rotatable bonds is 5. The van der Waals surface area contributed by atoms with Crippen molar-refractivity contribution < 1.29 is 28.2 Å². The number of fused-ring (bicyclic) bond motifs is 1. The van der Waals surface area contributed by atoms with Gasteiger partial charge in [-0.05, 0) is 49.2 Å². The van der Waals surface area contributed by atoms with Crippen molar-refractivity contribution in [3.05, 3.63) is 58.1 Å². The van der Waals surface area contributed by atoms with E-state index in [-0.39, 0.29) is 11.9 Å². The average Bonchev–Trinajstić information content (AvgIpc) is 3.17. The first-order chi connectivity index (χ1) is 15.5. The van der Waals surface area contributed by atoms with Gasteiger partial charge in [0.05, 0.1) is 32.4 Å². The number of hydrogen-bond acceptors (Lipinski definition) is 7. The van der Waals surface area contributed by atoms with E-state index in [2.05, 4.69) is 0 Å². The van der Waals surface area contributed by atoms with Crippen LogP contribution in [-0.2, 0) is 4.74 Å². The third-order valence-corrected chi connectivity index (χ3v) is 5.78. The Morgan fingerprint density at radius 3 is 2.28 bits per heavy atom. The summed E-state index contributed by atoms with van der Waals surface area (Å²) in [6.07, 6.45) is 1.16. The minimum atomic E-state index is -0.484. The van der Waals surface area contributed by atoms with E-state index in [1.54, 1.807) is 53.0 Å². The molecule has 0 atom stereocenters. The average molecular weight is 440 g/mol. The van der Waals surface area contributed by atoms with Crippen LogP contribution in [0, 0.1) is 0 Å². The number of methoxy groups -OCH3 is 3. The Balaban J connectivity index is 1.53. The van der Waals surface area contributed by atoms with Crippen LogP contribution in [0.4, 0.5) is 0 Å². The Hall–Kier alpha value is -3.75. The summed E-state index contributed by atoms with van der Waals surface area (Å²) in [5, 5.41) is 0. The van der Waals surface area contributed by atoms with Crippen molar-refractivity contribution >= 4 is 23.0 Å². The van der Waals surface area contributed by atoms with Crippen LogP contribution in [0.3, 0.4) is 0 Å². The minimum absolute atomic E-state index is 0.109. The number of ether oxygens (including phenoxy) is 3. The van der Waals surface area contributed by atoms with Gasteiger partial charge in [-0.25, -0.2) is 9.59 Å². The van der Waals surface area contributed by atoms with Crippen molar-refractivity contribution in [3.63, 3.8) is 0 Å². The van der Waals surface area contributed by atoms with Gasteiger partial charge in [0.2, 0.25) is 0 Å². The number of benzene rings is 2. The van der Waals surface area contributed by atoms with Crippen LogP contribution >= 0.6 is 0 Å². The SMILES string of the molecule is COC(=O)c1ccc2oc(=O)n(C3CCN(C(=O)c4ccc(OC)c(OC)c4)CC3)c2c1. The quantitative estimate of drug-likeness (QED) is 0.563. The molecule has 0 unspecified atom stereocenters. The second kappa shape index (κ2) is 8.78. The number of esters is 1. The van der Waals surface area contributed by atoms with Gasteiger partial charge in [-0.2, -0.15) is 0 Å². The van der Waals surface area contributed by atoms with E-state index in [0.717, 1.165) is 0 Å². The molecule has 0 bridgehead atoms. The highest BCUT2D eigenvalue weighted by Crippen LogP contribution is 2.30. The van der Waals surface area contributed by atoms with Crippen LogP contribution < -0.4 is 15.2 Å². The lowest BCUT2D eigenvalue weighted by atomic mass is 10.0. The summed E-state index contributed by atoms with van der Waals surface area (Å²) < 4.78 is 22.2. The van der Waals surface area contributed by atoms with Crippen molar-refractivity contribution in [2.45, 2.75) is 18.9 Å². The van der Waals surface area contributed by atoms with E-state index in [1.165, 1.54) is 14.2 Å². The molecule has 1 saturated heterocycles. The zero-order valence-corrected chi connectivity index (χ0v) is 18.1. The predicted octanol–water partition coefficient (Wildman–Crippen LogP) is 2.88. The van der Waals surface area contributed by atoms with E-state index in [1.807, 2.05) is 0 Å². The molecule has 0 radical (unpaired) electrons. The highest BCUT2D eigenvalue weighted by Gasteiger charge is 2.28. The summed E-state index contributed by atoms with van der Waals surface area (Å²) in [5.41, 5.74) is 1.81. The van der Waals surface area contributed by atoms with Crippen LogP contribution in [0.5, 0.6) is 11.5 Å². The van der Waals surface area contributed by atoms with E-state index < -0.39 is 11.7 Å². The molecular formula is C23H24N2O7. The van der Waals surface area contributed by atoms with Crippen molar-refractivity contribution in [2.24, 2.45) is 0 Å². The number of oxazole rings is 1. The topological polar surface area (TPSA) is 100 Å². The van der Waals surface area contributed by atoms with Crippen LogP contribution in [0.15, 0.2) is 45.6 Å². The van der Waals surface area contributed by atoms with Crippen LogP contribution in [0.25, 0.3) is 11.1 Å². The molecule has 1 aliphatic rings. The third kappa shape index (κ3) is 3.81. The van der Waals surface area contributed by atoms with Gasteiger partial charge in [-0.3, -0.25) is 9.36 Å². The summed E-state index contributed by atoms with van der Waals surface area (Å²) >= 11 is 0. The molecule has 168 valence electrons. The molecule has 9 heteroatoms. The Kier molecular flexibility index (Phi) is 5.89. The molecule has 2 heterocycles. The number of amides is 1. The molecule has 9 nitrogen and oxygen atoms in total. The summed E-state index contributed by atoms with van der Waals surface area (Å²) in [5.74, 6) is -0.0257. The fourth-order valence-corrected chi connectivity index (χ4v) is 4.10. The standard InChI is InChI=1S/C23H24N2O7/c1-29-19-7-4-14(13-20(19)30-2)21(26)24-10-8-16(9-11-24)25-17-12-15(22(27)31-3)5-6-18(17)32-23(25)28/h4-7,12-13,16H,8-11H2,1-3H3. The molecule has 0 saturated carbocycles. The first-order valence-electron chi connectivity index (χ1n) is 10.2. The van der Waals surface area contributed by atoms with Gasteiger partial charge in [0.1, 0.15) is 0 Å². The Morgan fingerprint density at radius 1 is 0.938 bits per heavy atom. The van der Waals surface area contributed by atoms with Gasteiger partial charge in [-0.15, -0.1) is 0 Å². The maximum atomic E-state index is 13.0. The number of carbonyl (C=O) groups is 2. The van der Waals surface area contributed by atoms with Gasteiger partial charge in [0.25, 0.3) is 5.91 Å². The van der Waals surface area contributed by atoms with Crippen molar-refractivity contribution in [1.29, 1.82) is 0 Å². The lowest BCUT2D eigenvalue weighted by Crippen LogP contribution is -2.40. The fourth-order valence-electron chi connectivity index (χ4n) is 4.10. The second-order valence-electron chi connectivity index (χ2n) is 7.51. The smallest absolute Gasteiger partial charge is 0.420 e. The highest BCUT2D eigenvalue weighted by molar-refractivity contribution is 5.95. The fraction of sp³-hybridized carbons (Fsp3) is 0.348. The Bertz CT molecular complexity index is 1220. The van der Waals surface area contributed by atoms with E-state index in [0.29, 0.717) is 59.7 Å². The normalized spacial score (nSPS) is 14.4. The monoisotopic (exact) mass is 440 g/mol. The maximum absolute atomic E-state index is 13.0. The summed E-state index contributed by atoms with van der Waals surface area (Å²) in [6, 6.07) is 9.68. The number of aromatic nitrogens is 1. The number of hydrogen-bond donors (Lipinski definition) is 0. The molecule has 3 aromatic rings. The largest absolute Gasteiger partial charge is 0.493 e. The number of carbonyl (C=O) groups excluding carboxylic acids is 2. The molecule has 32 heavy (non-hydrogen) atoms. The lowest BCUT2D eigenvalue weighted by molar-refractivity contribution is 0.0600. The molecule has 4 rings (SSSR count). The first kappa shape index (κ1) is 21.5. The molecule has 0 N–H and O–H groups in total. The van der Waals surface area contributed by atoms with Crippen molar-refractivity contribution in [2.75, 3.05) is 34.4 Å². The number of nitrogens with zero attached hydrogens (tertiary/aromatic N) is 2. The predicted molar refractivity (Wildman–Crippen MR) is 116 cm³/mol. The second-order valence-corrected chi connectivity index (χ2v) is 7.51. The molecule has 0 aliphatic carbocycles. The van der Waals surface area contributed by atoms with Crippen LogP contribution in [0.1, 0.15) is 39.6 Å². The zero-order valence-electron chi connectivity index (χ0n) is 18.1. The highest BCUT2D eigenvalue weighted by atomic mass is 16.5. The van der Waals surface area contributed by atoms with Crippen molar-refractivity contribution in [3.8, 4) is 11.5 Å². The van der Waals surface area contributed by atoms with E-state index in [9.17, 15) is 14.4 Å². The Morgan fingerprint density at radius 2 is 1.62 bits per heavy atom. The van der Waals surface area contributed by atoms with Gasteiger partial charge in [0.15, 0.2) is 17.1 Å². The zero-order chi connectivity index (χ0) is 22.8. The summed E-state index contributed by atoms with van der Waals surface area (Å²) in [7, 11) is 4.37. The molecule has 0 spiro atoms. The molecule has 1 aliphatic heterocycles. The van der Waals surface area contributed by atoms with E-state index in [4.69, 9.17) is 18.6 Å². The minimum Gasteiger partial charge on any atom is -0.493 e. The molecule has 1 amide bonds. The summed E-state index contributed by atoms with van der Waals surface area (Å²) in [6.45, 7) is 0.960. The lowest BCUT2D eigenvalue weighted by Gasteiger charge is -2.32. The van der Waals surface area contributed by atoms with Gasteiger partial charge in [-0.1, -0.05) is 0 Å². The molecule has 1 aromatic heterocycles. The Labute approximate surface area is 184 Å². The molecule has 2 aromatic carbocycles. The first-order valence-corrected chi connectivity index (χ1v) is 10.2. The van der Waals surface area contributed by atoms with Crippen LogP contribution in [0.2, 0.25) is 0 Å². The van der Waals surface area contributed by atoms with Crippen LogP contribution in [-0.4, -0.2) is 55.8 Å². The number of likely N-dealkylation sites (tertiary alicyclic amines) is 1. The maximum Gasteiger partial charge on any atom is 0.420 e. The molecular weight excluding hydrogens is 416 g/mol. The molecule has 1 fully saturated rings. The van der Waals surface area contributed by atoms with Gasteiger partial charge < -0.3 is 23.5 Å². The van der Waals surface area contributed by atoms with Gasteiger partial charge >= 0.3 is 11.7 Å².